The van der Waals surface area contributed by atoms with Gasteiger partial charge in [0.25, 0.3) is 5.91 Å². The third-order valence-electron chi connectivity index (χ3n) is 5.87. The van der Waals surface area contributed by atoms with Crippen LogP contribution >= 0.6 is 0 Å². The number of hydrogen-bond donors (Lipinski definition) is 3. The Balaban J connectivity index is 1.30. The molecule has 5 rings (SSSR count). The molecule has 2 atom stereocenters. The van der Waals surface area contributed by atoms with Gasteiger partial charge in [0.1, 0.15) is 6.04 Å². The minimum atomic E-state index is -0.858. The maximum Gasteiger partial charge on any atom is 0.329 e. The molecule has 7 nitrogen and oxygen atoms in total. The van der Waals surface area contributed by atoms with Gasteiger partial charge >= 0.3 is 6.03 Å². The molecule has 1 saturated heterocycles. The van der Waals surface area contributed by atoms with E-state index in [0.717, 1.165) is 35.4 Å². The summed E-state index contributed by atoms with van der Waals surface area (Å²) in [5, 5.41) is 6.89. The van der Waals surface area contributed by atoms with E-state index in [-0.39, 0.29) is 18.4 Å². The Labute approximate surface area is 173 Å². The maximum absolute atomic E-state index is 12.7. The summed E-state index contributed by atoms with van der Waals surface area (Å²) in [5.74, 6) is -0.656. The van der Waals surface area contributed by atoms with E-state index in [1.165, 1.54) is 10.9 Å². The fourth-order valence-corrected chi connectivity index (χ4v) is 4.49. The average molecular weight is 402 g/mol. The van der Waals surface area contributed by atoms with Crippen LogP contribution in [0.1, 0.15) is 36.6 Å². The molecule has 1 aliphatic carbocycles. The molecule has 1 unspecified atom stereocenters. The first-order valence-corrected chi connectivity index (χ1v) is 10.2. The smallest absolute Gasteiger partial charge is 0.329 e. The number of anilines is 1. The summed E-state index contributed by atoms with van der Waals surface area (Å²) in [5.41, 5.74) is 3.87. The van der Waals surface area contributed by atoms with Gasteiger partial charge in [-0.05, 0) is 43.0 Å². The molecule has 1 aromatic heterocycles. The van der Waals surface area contributed by atoms with Crippen molar-refractivity contribution < 1.29 is 14.4 Å². The zero-order valence-corrected chi connectivity index (χ0v) is 16.4. The number of carbonyl (C=O) groups is 3. The number of para-hydroxylation sites is 2. The first-order valence-electron chi connectivity index (χ1n) is 10.2. The zero-order chi connectivity index (χ0) is 20.7. The molecule has 2 aromatic carbocycles. The van der Waals surface area contributed by atoms with E-state index < -0.39 is 18.0 Å². The van der Waals surface area contributed by atoms with E-state index in [1.807, 2.05) is 24.3 Å². The van der Waals surface area contributed by atoms with Gasteiger partial charge in [0, 0.05) is 16.6 Å². The lowest BCUT2D eigenvalue weighted by Gasteiger charge is -2.24. The van der Waals surface area contributed by atoms with Gasteiger partial charge < -0.3 is 15.6 Å². The third-order valence-corrected chi connectivity index (χ3v) is 5.87. The molecule has 7 heteroatoms. The Morgan fingerprint density at radius 1 is 1.07 bits per heavy atom. The van der Waals surface area contributed by atoms with Crippen LogP contribution in [0.15, 0.2) is 54.6 Å². The molecule has 1 aliphatic heterocycles. The van der Waals surface area contributed by atoms with Crippen molar-refractivity contribution in [2.24, 2.45) is 0 Å². The molecule has 4 amide bonds. The highest BCUT2D eigenvalue weighted by Crippen LogP contribution is 2.34. The number of rotatable bonds is 4. The van der Waals surface area contributed by atoms with Gasteiger partial charge in [-0.15, -0.1) is 0 Å². The third kappa shape index (κ3) is 3.12. The number of urea groups is 1. The van der Waals surface area contributed by atoms with Crippen LogP contribution in [0.25, 0.3) is 10.9 Å². The van der Waals surface area contributed by atoms with Crippen LogP contribution < -0.4 is 15.5 Å². The van der Waals surface area contributed by atoms with Crippen LogP contribution in [0.4, 0.5) is 10.5 Å². The number of H-pyrrole nitrogens is 1. The second kappa shape index (κ2) is 7.33. The molecule has 3 aromatic rings. The lowest BCUT2D eigenvalue weighted by Crippen LogP contribution is -2.38. The quantitative estimate of drug-likeness (QED) is 0.585. The first-order chi connectivity index (χ1) is 14.6. The van der Waals surface area contributed by atoms with Crippen molar-refractivity contribution in [3.8, 4) is 0 Å². The Bertz CT molecular complexity index is 1140. The molecule has 30 heavy (non-hydrogen) atoms. The molecular formula is C23H22N4O3. The topological polar surface area (TPSA) is 94.3 Å². The minimum Gasteiger partial charge on any atom is -0.356 e. The SMILES string of the molecule is O=C(C[C@@H]1NC(=O)N(c2ccccc2)C1=O)NC1CCCc2c1[nH]c1ccccc21. The van der Waals surface area contributed by atoms with Gasteiger partial charge in [0.2, 0.25) is 5.91 Å². The summed E-state index contributed by atoms with van der Waals surface area (Å²) in [6.45, 7) is 0. The second-order valence-corrected chi connectivity index (χ2v) is 7.79. The van der Waals surface area contributed by atoms with E-state index in [4.69, 9.17) is 0 Å². The van der Waals surface area contributed by atoms with E-state index in [0.29, 0.717) is 5.69 Å². The fraction of sp³-hybridized carbons (Fsp3) is 0.261. The van der Waals surface area contributed by atoms with Crippen molar-refractivity contribution in [3.05, 3.63) is 65.9 Å². The highest BCUT2D eigenvalue weighted by Gasteiger charge is 2.40. The number of hydrogen-bond acceptors (Lipinski definition) is 3. The van der Waals surface area contributed by atoms with Crippen molar-refractivity contribution >= 4 is 34.4 Å². The van der Waals surface area contributed by atoms with E-state index in [9.17, 15) is 14.4 Å². The highest BCUT2D eigenvalue weighted by atomic mass is 16.2. The Kier molecular flexibility index (Phi) is 4.50. The van der Waals surface area contributed by atoms with E-state index >= 15 is 0 Å². The lowest BCUT2D eigenvalue weighted by molar-refractivity contribution is -0.126. The largest absolute Gasteiger partial charge is 0.356 e. The number of carbonyl (C=O) groups excluding carboxylic acids is 3. The van der Waals surface area contributed by atoms with Gasteiger partial charge in [-0.25, -0.2) is 9.69 Å². The fourth-order valence-electron chi connectivity index (χ4n) is 4.49. The monoisotopic (exact) mass is 402 g/mol. The number of imide groups is 1. The van der Waals surface area contributed by atoms with Crippen LogP contribution in [0.2, 0.25) is 0 Å². The molecule has 2 heterocycles. The van der Waals surface area contributed by atoms with Gasteiger partial charge in [-0.3, -0.25) is 9.59 Å². The highest BCUT2D eigenvalue weighted by molar-refractivity contribution is 6.22. The van der Waals surface area contributed by atoms with Crippen LogP contribution in [0, 0.1) is 0 Å². The minimum absolute atomic E-state index is 0.0834. The van der Waals surface area contributed by atoms with E-state index in [2.05, 4.69) is 21.7 Å². The maximum atomic E-state index is 12.7. The second-order valence-electron chi connectivity index (χ2n) is 7.79. The number of nitrogens with one attached hydrogen (secondary N) is 3. The standard InChI is InChI=1S/C23H22N4O3/c28-20(13-19-22(29)27(23(30)26-19)14-7-2-1-3-8-14)24-18-12-6-10-16-15-9-4-5-11-17(15)25-21(16)18/h1-5,7-9,11,18-19,25H,6,10,12-13H2,(H,24,28)(H,26,30)/t18?,19-/m0/s1. The number of aromatic nitrogens is 1. The van der Waals surface area contributed by atoms with Crippen molar-refractivity contribution in [3.63, 3.8) is 0 Å². The number of nitrogens with zero attached hydrogens (tertiary/aromatic N) is 1. The number of aromatic amines is 1. The molecule has 0 spiro atoms. The molecule has 2 aliphatic rings. The molecule has 0 bridgehead atoms. The number of fused-ring (bicyclic) bond motifs is 3. The first kappa shape index (κ1) is 18.4. The summed E-state index contributed by atoms with van der Waals surface area (Å²) in [6, 6.07) is 15.4. The van der Waals surface area contributed by atoms with Gasteiger partial charge in [-0.2, -0.15) is 0 Å². The molecule has 0 radical (unpaired) electrons. The van der Waals surface area contributed by atoms with Crippen LogP contribution in [0.5, 0.6) is 0 Å². The van der Waals surface area contributed by atoms with Gasteiger partial charge in [0.15, 0.2) is 0 Å². The predicted molar refractivity (Wildman–Crippen MR) is 113 cm³/mol. The number of amides is 4. The van der Waals surface area contributed by atoms with E-state index in [1.54, 1.807) is 24.3 Å². The molecule has 0 saturated carbocycles. The molecule has 152 valence electrons. The van der Waals surface area contributed by atoms with Crippen molar-refractivity contribution in [1.82, 2.24) is 15.6 Å². The average Bonchev–Trinajstić information content (AvgIpc) is 3.26. The van der Waals surface area contributed by atoms with Crippen LogP contribution in [0.3, 0.4) is 0 Å². The summed E-state index contributed by atoms with van der Waals surface area (Å²) < 4.78 is 0. The molecule has 1 fully saturated rings. The van der Waals surface area contributed by atoms with Gasteiger partial charge in [0.05, 0.1) is 18.2 Å². The number of aryl methyl sites for hydroxylation is 1. The summed E-state index contributed by atoms with van der Waals surface area (Å²) in [4.78, 5) is 42.3. The zero-order valence-electron chi connectivity index (χ0n) is 16.4. The van der Waals surface area contributed by atoms with Crippen molar-refractivity contribution in [2.75, 3.05) is 4.90 Å². The summed E-state index contributed by atoms with van der Waals surface area (Å²) >= 11 is 0. The van der Waals surface area contributed by atoms with Crippen LogP contribution in [-0.2, 0) is 16.0 Å². The normalized spacial score (nSPS) is 20.9. The molecular weight excluding hydrogens is 380 g/mol. The van der Waals surface area contributed by atoms with Crippen molar-refractivity contribution in [2.45, 2.75) is 37.8 Å². The molecule has 3 N–H and O–H groups in total. The van der Waals surface area contributed by atoms with Crippen molar-refractivity contribution in [1.29, 1.82) is 0 Å². The predicted octanol–water partition coefficient (Wildman–Crippen LogP) is 3.18. The lowest BCUT2D eigenvalue weighted by atomic mass is 9.91. The summed E-state index contributed by atoms with van der Waals surface area (Å²) in [6.07, 6.45) is 2.72. The summed E-state index contributed by atoms with van der Waals surface area (Å²) in [7, 11) is 0. The Hall–Kier alpha value is -3.61. The number of benzene rings is 2. The van der Waals surface area contributed by atoms with Crippen LogP contribution in [-0.4, -0.2) is 28.9 Å². The van der Waals surface area contributed by atoms with Gasteiger partial charge in [-0.1, -0.05) is 36.4 Å². The Morgan fingerprint density at radius 2 is 1.83 bits per heavy atom. The Morgan fingerprint density at radius 3 is 2.67 bits per heavy atom.